The molecule has 1 aromatic heterocycles. The van der Waals surface area contributed by atoms with Crippen molar-refractivity contribution >= 4 is 0 Å². The van der Waals surface area contributed by atoms with Crippen LogP contribution < -0.4 is 15.6 Å². The summed E-state index contributed by atoms with van der Waals surface area (Å²) in [6, 6.07) is 9.60. The second kappa shape index (κ2) is 8.34. The van der Waals surface area contributed by atoms with Crippen LogP contribution in [0.15, 0.2) is 35.1 Å². The van der Waals surface area contributed by atoms with Crippen molar-refractivity contribution in [2.24, 2.45) is 0 Å². The van der Waals surface area contributed by atoms with Gasteiger partial charge in [-0.3, -0.25) is 4.79 Å². The van der Waals surface area contributed by atoms with Crippen LogP contribution in [0.5, 0.6) is 5.75 Å². The lowest BCUT2D eigenvalue weighted by Gasteiger charge is -2.08. The van der Waals surface area contributed by atoms with E-state index in [-0.39, 0.29) is 5.56 Å². The van der Waals surface area contributed by atoms with Crippen LogP contribution in [-0.2, 0) is 6.54 Å². The second-order valence-corrected chi connectivity index (χ2v) is 5.16. The minimum Gasteiger partial charge on any atom is -0.494 e. The summed E-state index contributed by atoms with van der Waals surface area (Å²) in [7, 11) is 0. The average Bonchev–Trinajstić information content (AvgIpc) is 2.55. The van der Waals surface area contributed by atoms with Crippen molar-refractivity contribution < 1.29 is 4.74 Å². The van der Waals surface area contributed by atoms with Gasteiger partial charge in [-0.2, -0.15) is 5.10 Å². The fourth-order valence-corrected chi connectivity index (χ4v) is 2.09. The van der Waals surface area contributed by atoms with Crippen molar-refractivity contribution in [3.05, 3.63) is 46.2 Å². The number of nitrogens with one attached hydrogen (secondary N) is 2. The van der Waals surface area contributed by atoms with E-state index in [4.69, 9.17) is 4.74 Å². The van der Waals surface area contributed by atoms with Crippen LogP contribution in [0, 0.1) is 0 Å². The van der Waals surface area contributed by atoms with Gasteiger partial charge >= 0.3 is 0 Å². The van der Waals surface area contributed by atoms with Gasteiger partial charge in [0, 0.05) is 17.7 Å². The first-order valence-corrected chi connectivity index (χ1v) is 7.77. The maximum absolute atomic E-state index is 11.8. The molecule has 0 saturated heterocycles. The van der Waals surface area contributed by atoms with E-state index in [0.29, 0.717) is 18.7 Å². The molecule has 0 amide bonds. The summed E-state index contributed by atoms with van der Waals surface area (Å²) < 4.78 is 5.64. The fourth-order valence-electron chi connectivity index (χ4n) is 2.09. The van der Waals surface area contributed by atoms with E-state index < -0.39 is 0 Å². The van der Waals surface area contributed by atoms with Crippen LogP contribution in [0.4, 0.5) is 0 Å². The zero-order valence-corrected chi connectivity index (χ0v) is 13.2. The molecule has 0 aliphatic rings. The van der Waals surface area contributed by atoms with E-state index >= 15 is 0 Å². The van der Waals surface area contributed by atoms with Gasteiger partial charge in [-0.25, -0.2) is 5.10 Å². The maximum atomic E-state index is 11.8. The molecule has 118 valence electrons. The number of aromatic amines is 1. The first-order valence-electron chi connectivity index (χ1n) is 7.77. The van der Waals surface area contributed by atoms with Crippen LogP contribution in [0.3, 0.4) is 0 Å². The Bertz CT molecular complexity index is 652. The molecule has 5 heteroatoms. The Morgan fingerprint density at radius 1 is 1.23 bits per heavy atom. The highest BCUT2D eigenvalue weighted by Crippen LogP contribution is 2.22. The number of benzene rings is 1. The molecule has 5 nitrogen and oxygen atoms in total. The maximum Gasteiger partial charge on any atom is 0.268 e. The summed E-state index contributed by atoms with van der Waals surface area (Å²) >= 11 is 0. The van der Waals surface area contributed by atoms with Crippen molar-refractivity contribution in [3.63, 3.8) is 0 Å². The number of H-pyrrole nitrogens is 1. The third-order valence-corrected chi connectivity index (χ3v) is 3.23. The van der Waals surface area contributed by atoms with Gasteiger partial charge in [-0.05, 0) is 37.6 Å². The lowest BCUT2D eigenvalue weighted by molar-refractivity contribution is 0.317. The predicted molar refractivity (Wildman–Crippen MR) is 88.1 cm³/mol. The molecule has 0 unspecified atom stereocenters. The van der Waals surface area contributed by atoms with Gasteiger partial charge in [-0.1, -0.05) is 26.0 Å². The van der Waals surface area contributed by atoms with Gasteiger partial charge in [0.1, 0.15) is 5.75 Å². The third-order valence-electron chi connectivity index (χ3n) is 3.23. The second-order valence-electron chi connectivity index (χ2n) is 5.16. The van der Waals surface area contributed by atoms with Crippen molar-refractivity contribution in [1.29, 1.82) is 0 Å². The normalized spacial score (nSPS) is 10.6. The van der Waals surface area contributed by atoms with Crippen LogP contribution >= 0.6 is 0 Å². The van der Waals surface area contributed by atoms with Gasteiger partial charge in [0.2, 0.25) is 0 Å². The summed E-state index contributed by atoms with van der Waals surface area (Å²) in [4.78, 5) is 11.8. The van der Waals surface area contributed by atoms with Gasteiger partial charge in [0.15, 0.2) is 0 Å². The SMILES string of the molecule is CCCNCc1cc(-c2cccc(OCCC)c2)n[nH]c1=O. The van der Waals surface area contributed by atoms with Crippen LogP contribution in [0.1, 0.15) is 32.3 Å². The van der Waals surface area contributed by atoms with E-state index in [1.54, 1.807) is 0 Å². The van der Waals surface area contributed by atoms with Crippen molar-refractivity contribution in [2.75, 3.05) is 13.2 Å². The highest BCUT2D eigenvalue weighted by atomic mass is 16.5. The predicted octanol–water partition coefficient (Wildman–Crippen LogP) is 2.73. The van der Waals surface area contributed by atoms with E-state index in [2.05, 4.69) is 29.4 Å². The Morgan fingerprint density at radius 3 is 2.86 bits per heavy atom. The summed E-state index contributed by atoms with van der Waals surface area (Å²) in [6.07, 6.45) is 2.00. The molecule has 0 atom stereocenters. The smallest absolute Gasteiger partial charge is 0.268 e. The number of hydrogen-bond donors (Lipinski definition) is 2. The van der Waals surface area contributed by atoms with E-state index in [1.807, 2.05) is 30.3 Å². The zero-order chi connectivity index (χ0) is 15.8. The molecule has 0 aliphatic heterocycles. The van der Waals surface area contributed by atoms with Gasteiger partial charge < -0.3 is 10.1 Å². The molecule has 1 aromatic carbocycles. The molecule has 2 rings (SSSR count). The number of nitrogens with zero attached hydrogens (tertiary/aromatic N) is 1. The molecular weight excluding hydrogens is 278 g/mol. The van der Waals surface area contributed by atoms with Gasteiger partial charge in [0.05, 0.1) is 12.3 Å². The molecule has 0 saturated carbocycles. The average molecular weight is 301 g/mol. The lowest BCUT2D eigenvalue weighted by Crippen LogP contribution is -2.22. The first kappa shape index (κ1) is 16.2. The molecule has 0 bridgehead atoms. The Morgan fingerprint density at radius 2 is 2.09 bits per heavy atom. The highest BCUT2D eigenvalue weighted by molar-refractivity contribution is 5.61. The standard InChI is InChI=1S/C17H23N3O2/c1-3-8-18-12-14-11-16(19-20-17(14)21)13-6-5-7-15(10-13)22-9-4-2/h5-7,10-11,18H,3-4,8-9,12H2,1-2H3,(H,20,21). The highest BCUT2D eigenvalue weighted by Gasteiger charge is 2.06. The van der Waals surface area contributed by atoms with Crippen LogP contribution in [0.25, 0.3) is 11.3 Å². The molecule has 1 heterocycles. The molecule has 0 spiro atoms. The summed E-state index contributed by atoms with van der Waals surface area (Å²) in [6.45, 7) is 6.29. The number of hydrogen-bond acceptors (Lipinski definition) is 4. The lowest BCUT2D eigenvalue weighted by atomic mass is 10.1. The van der Waals surface area contributed by atoms with Crippen LogP contribution in [0.2, 0.25) is 0 Å². The number of ether oxygens (including phenoxy) is 1. The molecule has 0 aliphatic carbocycles. The molecule has 2 N–H and O–H groups in total. The number of rotatable bonds is 8. The molecule has 0 fully saturated rings. The monoisotopic (exact) mass is 301 g/mol. The Balaban J connectivity index is 2.21. The van der Waals surface area contributed by atoms with Gasteiger partial charge in [-0.15, -0.1) is 0 Å². The Kier molecular flexibility index (Phi) is 6.15. The first-order chi connectivity index (χ1) is 10.7. The van der Waals surface area contributed by atoms with Crippen molar-refractivity contribution in [1.82, 2.24) is 15.5 Å². The van der Waals surface area contributed by atoms with Crippen LogP contribution in [-0.4, -0.2) is 23.3 Å². The summed E-state index contributed by atoms with van der Waals surface area (Å²) in [5.41, 5.74) is 2.22. The van der Waals surface area contributed by atoms with Crippen molar-refractivity contribution in [3.8, 4) is 17.0 Å². The fraction of sp³-hybridized carbons (Fsp3) is 0.412. The van der Waals surface area contributed by atoms with Gasteiger partial charge in [0.25, 0.3) is 5.56 Å². The molecule has 2 aromatic rings. The summed E-state index contributed by atoms with van der Waals surface area (Å²) in [5, 5.41) is 9.95. The molecular formula is C17H23N3O2. The minimum absolute atomic E-state index is 0.147. The quantitative estimate of drug-likeness (QED) is 0.736. The molecule has 22 heavy (non-hydrogen) atoms. The largest absolute Gasteiger partial charge is 0.494 e. The van der Waals surface area contributed by atoms with E-state index in [9.17, 15) is 4.79 Å². The van der Waals surface area contributed by atoms with Crippen molar-refractivity contribution in [2.45, 2.75) is 33.2 Å². The molecule has 0 radical (unpaired) electrons. The topological polar surface area (TPSA) is 67.0 Å². The Hall–Kier alpha value is -2.14. The minimum atomic E-state index is -0.147. The van der Waals surface area contributed by atoms with E-state index in [1.165, 1.54) is 0 Å². The third kappa shape index (κ3) is 4.43. The Labute approximate surface area is 130 Å². The number of aromatic nitrogens is 2. The zero-order valence-electron chi connectivity index (χ0n) is 13.2. The van der Waals surface area contributed by atoms with E-state index in [0.717, 1.165) is 36.4 Å². The summed E-state index contributed by atoms with van der Waals surface area (Å²) in [5.74, 6) is 0.818.